The van der Waals surface area contributed by atoms with Crippen molar-refractivity contribution in [1.29, 1.82) is 0 Å². The second kappa shape index (κ2) is 5.66. The molecule has 0 amide bonds. The van der Waals surface area contributed by atoms with Crippen molar-refractivity contribution in [2.45, 2.75) is 24.8 Å². The topological polar surface area (TPSA) is 46.2 Å². The molecule has 1 rings (SSSR count). The van der Waals surface area contributed by atoms with Gasteiger partial charge in [0.25, 0.3) is 0 Å². The minimum atomic E-state index is -3.31. The van der Waals surface area contributed by atoms with E-state index < -0.39 is 9.84 Å². The fraction of sp³-hybridized carbons (Fsp3) is 0.455. The van der Waals surface area contributed by atoms with Crippen molar-refractivity contribution in [2.75, 3.05) is 12.3 Å². The number of nitrogens with one attached hydrogen (secondary N) is 1. The summed E-state index contributed by atoms with van der Waals surface area (Å²) >= 11 is 5.87. The van der Waals surface area contributed by atoms with Gasteiger partial charge in [0.2, 0.25) is 0 Å². The van der Waals surface area contributed by atoms with Crippen molar-refractivity contribution in [1.82, 2.24) is 5.32 Å². The largest absolute Gasteiger partial charge is 0.314 e. The van der Waals surface area contributed by atoms with Crippen LogP contribution in [-0.2, 0) is 9.84 Å². The molecule has 0 bridgehead atoms. The van der Waals surface area contributed by atoms with Crippen LogP contribution in [0.4, 0.5) is 0 Å². The molecular formula is C11H16ClNO2S. The molecule has 5 heteroatoms. The zero-order valence-electron chi connectivity index (χ0n) is 9.40. The summed E-state index contributed by atoms with van der Waals surface area (Å²) in [4.78, 5) is 0.210. The average Bonchev–Trinajstić information content (AvgIpc) is 2.17. The van der Waals surface area contributed by atoms with Crippen LogP contribution >= 0.6 is 11.6 Å². The molecule has 16 heavy (non-hydrogen) atoms. The van der Waals surface area contributed by atoms with Crippen molar-refractivity contribution < 1.29 is 8.42 Å². The second-order valence-electron chi connectivity index (χ2n) is 3.67. The highest BCUT2D eigenvalue weighted by Crippen LogP contribution is 2.22. The van der Waals surface area contributed by atoms with Crippen molar-refractivity contribution in [3.05, 3.63) is 29.3 Å². The Morgan fingerprint density at radius 2 is 2.00 bits per heavy atom. The van der Waals surface area contributed by atoms with Crippen molar-refractivity contribution in [2.24, 2.45) is 0 Å². The van der Waals surface area contributed by atoms with Gasteiger partial charge in [-0.25, -0.2) is 8.42 Å². The van der Waals surface area contributed by atoms with Gasteiger partial charge in [-0.3, -0.25) is 0 Å². The summed E-state index contributed by atoms with van der Waals surface area (Å²) in [5.41, 5.74) is 0. The van der Waals surface area contributed by atoms with Crippen LogP contribution in [0.3, 0.4) is 0 Å². The van der Waals surface area contributed by atoms with Crippen LogP contribution in [0.5, 0.6) is 0 Å². The molecule has 0 aliphatic rings. The van der Waals surface area contributed by atoms with Crippen molar-refractivity contribution in [3.8, 4) is 0 Å². The zero-order chi connectivity index (χ0) is 12.2. The standard InChI is InChI=1S/C11H16ClNO2S/c1-3-13-9(2)8-16(14,15)11-7-5-4-6-10(11)12/h4-7,9,13H,3,8H2,1-2H3. The van der Waals surface area contributed by atoms with Gasteiger partial charge in [0.05, 0.1) is 15.7 Å². The van der Waals surface area contributed by atoms with E-state index in [-0.39, 0.29) is 21.7 Å². The summed E-state index contributed by atoms with van der Waals surface area (Å²) in [6.07, 6.45) is 0. The minimum Gasteiger partial charge on any atom is -0.314 e. The maximum Gasteiger partial charge on any atom is 0.181 e. The summed E-state index contributed by atoms with van der Waals surface area (Å²) in [5.74, 6) is 0.0601. The van der Waals surface area contributed by atoms with E-state index in [0.29, 0.717) is 0 Å². The average molecular weight is 262 g/mol. The number of sulfone groups is 1. The normalized spacial score (nSPS) is 13.7. The SMILES string of the molecule is CCNC(C)CS(=O)(=O)c1ccccc1Cl. The van der Waals surface area contributed by atoms with E-state index in [1.54, 1.807) is 18.2 Å². The Kier molecular flexibility index (Phi) is 4.77. The molecule has 1 aromatic carbocycles. The Hall–Kier alpha value is -0.580. The number of rotatable bonds is 5. The first-order valence-corrected chi connectivity index (χ1v) is 7.21. The molecule has 1 unspecified atom stereocenters. The molecule has 0 saturated heterocycles. The fourth-order valence-electron chi connectivity index (χ4n) is 1.52. The van der Waals surface area contributed by atoms with Crippen LogP contribution in [0.15, 0.2) is 29.2 Å². The third kappa shape index (κ3) is 3.47. The Morgan fingerprint density at radius 1 is 1.38 bits per heavy atom. The molecule has 0 aromatic heterocycles. The number of hydrogen-bond donors (Lipinski definition) is 1. The molecule has 3 nitrogen and oxygen atoms in total. The van der Waals surface area contributed by atoms with Crippen LogP contribution in [0.1, 0.15) is 13.8 Å². The first-order chi connectivity index (χ1) is 7.47. The van der Waals surface area contributed by atoms with Gasteiger partial charge in [-0.1, -0.05) is 30.7 Å². The maximum atomic E-state index is 12.0. The molecule has 0 heterocycles. The van der Waals surface area contributed by atoms with Crippen LogP contribution in [0, 0.1) is 0 Å². The minimum absolute atomic E-state index is 0.0601. The molecule has 0 spiro atoms. The Labute approximate surface area is 102 Å². The van der Waals surface area contributed by atoms with Gasteiger partial charge in [0.15, 0.2) is 9.84 Å². The lowest BCUT2D eigenvalue weighted by molar-refractivity contribution is 0.566. The van der Waals surface area contributed by atoms with E-state index >= 15 is 0 Å². The van der Waals surface area contributed by atoms with Gasteiger partial charge in [-0.05, 0) is 25.6 Å². The molecule has 1 atom stereocenters. The van der Waals surface area contributed by atoms with E-state index in [1.807, 2.05) is 13.8 Å². The predicted molar refractivity (Wildman–Crippen MR) is 66.6 cm³/mol. The van der Waals surface area contributed by atoms with Crippen molar-refractivity contribution in [3.63, 3.8) is 0 Å². The van der Waals surface area contributed by atoms with E-state index in [0.717, 1.165) is 6.54 Å². The highest BCUT2D eigenvalue weighted by atomic mass is 35.5. The molecule has 0 aliphatic heterocycles. The third-order valence-corrected chi connectivity index (χ3v) is 4.60. The third-order valence-electron chi connectivity index (χ3n) is 2.19. The summed E-state index contributed by atoms with van der Waals surface area (Å²) in [5, 5.41) is 3.35. The van der Waals surface area contributed by atoms with Crippen LogP contribution in [-0.4, -0.2) is 26.8 Å². The monoisotopic (exact) mass is 261 g/mol. The molecule has 0 aliphatic carbocycles. The molecular weight excluding hydrogens is 246 g/mol. The molecule has 1 aromatic rings. The molecule has 0 saturated carbocycles. The lowest BCUT2D eigenvalue weighted by Gasteiger charge is -2.13. The lowest BCUT2D eigenvalue weighted by Crippen LogP contribution is -2.32. The predicted octanol–water partition coefficient (Wildman–Crippen LogP) is 2.11. The first-order valence-electron chi connectivity index (χ1n) is 5.18. The zero-order valence-corrected chi connectivity index (χ0v) is 11.0. The quantitative estimate of drug-likeness (QED) is 0.883. The first kappa shape index (κ1) is 13.5. The molecule has 90 valence electrons. The summed E-state index contributed by atoms with van der Waals surface area (Å²) in [6.45, 7) is 4.54. The van der Waals surface area contributed by atoms with Gasteiger partial charge in [0, 0.05) is 6.04 Å². The van der Waals surface area contributed by atoms with Gasteiger partial charge in [-0.2, -0.15) is 0 Å². The Morgan fingerprint density at radius 3 is 2.56 bits per heavy atom. The van der Waals surface area contributed by atoms with Crippen LogP contribution < -0.4 is 5.32 Å². The van der Waals surface area contributed by atoms with E-state index in [2.05, 4.69) is 5.32 Å². The summed E-state index contributed by atoms with van der Waals surface area (Å²) in [6, 6.07) is 6.44. The summed E-state index contributed by atoms with van der Waals surface area (Å²) < 4.78 is 24.0. The van der Waals surface area contributed by atoms with Gasteiger partial charge >= 0.3 is 0 Å². The maximum absolute atomic E-state index is 12.0. The summed E-state index contributed by atoms with van der Waals surface area (Å²) in [7, 11) is -3.31. The van der Waals surface area contributed by atoms with Gasteiger partial charge < -0.3 is 5.32 Å². The highest BCUT2D eigenvalue weighted by Gasteiger charge is 2.20. The second-order valence-corrected chi connectivity index (χ2v) is 6.08. The van der Waals surface area contributed by atoms with E-state index in [1.165, 1.54) is 6.07 Å². The number of benzene rings is 1. The Balaban J connectivity index is 2.91. The Bertz CT molecular complexity index is 445. The number of hydrogen-bond acceptors (Lipinski definition) is 3. The fourth-order valence-corrected chi connectivity index (χ4v) is 3.62. The highest BCUT2D eigenvalue weighted by molar-refractivity contribution is 7.91. The van der Waals surface area contributed by atoms with Gasteiger partial charge in [-0.15, -0.1) is 0 Å². The van der Waals surface area contributed by atoms with E-state index in [4.69, 9.17) is 11.6 Å². The van der Waals surface area contributed by atoms with Gasteiger partial charge in [0.1, 0.15) is 0 Å². The molecule has 1 N–H and O–H groups in total. The lowest BCUT2D eigenvalue weighted by atomic mass is 10.4. The van der Waals surface area contributed by atoms with E-state index in [9.17, 15) is 8.42 Å². The van der Waals surface area contributed by atoms with Crippen LogP contribution in [0.25, 0.3) is 0 Å². The van der Waals surface area contributed by atoms with Crippen molar-refractivity contribution >= 4 is 21.4 Å². The smallest absolute Gasteiger partial charge is 0.181 e. The van der Waals surface area contributed by atoms with Crippen LogP contribution in [0.2, 0.25) is 5.02 Å². The number of halogens is 1. The molecule has 0 fully saturated rings. The molecule has 0 radical (unpaired) electrons.